The van der Waals surface area contributed by atoms with Gasteiger partial charge in [-0.25, -0.2) is 0 Å². The van der Waals surface area contributed by atoms with Gasteiger partial charge in [0.15, 0.2) is 5.96 Å². The Labute approximate surface area is 120 Å². The highest BCUT2D eigenvalue weighted by molar-refractivity contribution is 14.0. The van der Waals surface area contributed by atoms with Crippen molar-refractivity contribution in [2.45, 2.75) is 6.42 Å². The van der Waals surface area contributed by atoms with Crippen LogP contribution in [0.5, 0.6) is 0 Å². The van der Waals surface area contributed by atoms with Crippen LogP contribution in [0.15, 0.2) is 4.99 Å². The molecular formula is C10H23IN4S. The molecule has 96 valence electrons. The van der Waals surface area contributed by atoms with E-state index in [1.165, 1.54) is 11.5 Å². The Kier molecular flexibility index (Phi) is 9.53. The molecule has 0 aromatic carbocycles. The standard InChI is InChI=1S/C10H22N4S.HI/c1-13(2)5-3-4-12-10(11)14-6-8-15-9-7-14;/h3-9H2,1-2H3,(H2,11,12);1H. The van der Waals surface area contributed by atoms with E-state index in [0.717, 1.165) is 38.6 Å². The van der Waals surface area contributed by atoms with E-state index >= 15 is 0 Å². The fraction of sp³-hybridized carbons (Fsp3) is 0.900. The molecular weight excluding hydrogens is 335 g/mol. The predicted octanol–water partition coefficient (Wildman–Crippen LogP) is 0.920. The van der Waals surface area contributed by atoms with Crippen LogP contribution in [0, 0.1) is 0 Å². The van der Waals surface area contributed by atoms with Gasteiger partial charge in [0, 0.05) is 31.1 Å². The number of halogens is 1. The molecule has 0 unspecified atom stereocenters. The van der Waals surface area contributed by atoms with Crippen LogP contribution in [-0.4, -0.2) is 67.5 Å². The quantitative estimate of drug-likeness (QED) is 0.351. The maximum Gasteiger partial charge on any atom is 0.191 e. The Balaban J connectivity index is 0.00000225. The summed E-state index contributed by atoms with van der Waals surface area (Å²) >= 11 is 1.99. The van der Waals surface area contributed by atoms with E-state index in [9.17, 15) is 0 Å². The molecule has 1 fully saturated rings. The molecule has 1 aliphatic heterocycles. The van der Waals surface area contributed by atoms with E-state index in [2.05, 4.69) is 28.9 Å². The largest absolute Gasteiger partial charge is 0.370 e. The van der Waals surface area contributed by atoms with Gasteiger partial charge in [0.05, 0.1) is 0 Å². The highest BCUT2D eigenvalue weighted by Gasteiger charge is 2.11. The van der Waals surface area contributed by atoms with Crippen LogP contribution in [0.3, 0.4) is 0 Å². The number of hydrogen-bond donors (Lipinski definition) is 1. The summed E-state index contributed by atoms with van der Waals surface area (Å²) < 4.78 is 0. The summed E-state index contributed by atoms with van der Waals surface area (Å²) in [5.41, 5.74) is 5.92. The molecule has 0 aromatic heterocycles. The number of aliphatic imine (C=N–C) groups is 1. The summed E-state index contributed by atoms with van der Waals surface area (Å²) in [5.74, 6) is 3.08. The van der Waals surface area contributed by atoms with E-state index in [1.807, 2.05) is 11.8 Å². The molecule has 4 nitrogen and oxygen atoms in total. The maximum atomic E-state index is 5.92. The van der Waals surface area contributed by atoms with Crippen LogP contribution in [0.2, 0.25) is 0 Å². The summed E-state index contributed by atoms with van der Waals surface area (Å²) in [5, 5.41) is 0. The lowest BCUT2D eigenvalue weighted by atomic mass is 10.4. The Morgan fingerprint density at radius 2 is 2.00 bits per heavy atom. The minimum Gasteiger partial charge on any atom is -0.370 e. The fourth-order valence-electron chi connectivity index (χ4n) is 1.47. The Morgan fingerprint density at radius 3 is 2.56 bits per heavy atom. The highest BCUT2D eigenvalue weighted by atomic mass is 127. The summed E-state index contributed by atoms with van der Waals surface area (Å²) in [4.78, 5) is 8.76. The topological polar surface area (TPSA) is 44.9 Å². The molecule has 0 saturated carbocycles. The summed E-state index contributed by atoms with van der Waals surface area (Å²) in [6.07, 6.45) is 1.08. The van der Waals surface area contributed by atoms with Gasteiger partial charge >= 0.3 is 0 Å². The normalized spacial score (nSPS) is 17.4. The average molecular weight is 358 g/mol. The first-order chi connectivity index (χ1) is 7.20. The van der Waals surface area contributed by atoms with Gasteiger partial charge < -0.3 is 15.5 Å². The molecule has 1 saturated heterocycles. The minimum atomic E-state index is 0. The lowest BCUT2D eigenvalue weighted by Gasteiger charge is -2.27. The third-order valence-corrected chi connectivity index (χ3v) is 3.31. The molecule has 0 aliphatic carbocycles. The third kappa shape index (κ3) is 6.80. The van der Waals surface area contributed by atoms with Crippen LogP contribution in [0.1, 0.15) is 6.42 Å². The van der Waals surface area contributed by atoms with Crippen LogP contribution < -0.4 is 5.73 Å². The molecule has 0 aromatic rings. The molecule has 6 heteroatoms. The Hall–Kier alpha value is 0.310. The van der Waals surface area contributed by atoms with Gasteiger partial charge in [-0.3, -0.25) is 4.99 Å². The lowest BCUT2D eigenvalue weighted by Crippen LogP contribution is -2.42. The Morgan fingerprint density at radius 1 is 1.38 bits per heavy atom. The second kappa shape index (κ2) is 9.35. The van der Waals surface area contributed by atoms with Crippen LogP contribution in [0.25, 0.3) is 0 Å². The zero-order valence-corrected chi connectivity index (χ0v) is 13.3. The Bertz CT molecular complexity index is 205. The van der Waals surface area contributed by atoms with Crippen molar-refractivity contribution in [2.75, 3.05) is 51.8 Å². The number of guanidine groups is 1. The monoisotopic (exact) mass is 358 g/mol. The van der Waals surface area contributed by atoms with Crippen molar-refractivity contribution in [3.63, 3.8) is 0 Å². The smallest absolute Gasteiger partial charge is 0.191 e. The summed E-state index contributed by atoms with van der Waals surface area (Å²) in [6.45, 7) is 4.02. The van der Waals surface area contributed by atoms with Crippen molar-refractivity contribution in [1.29, 1.82) is 0 Å². The molecule has 1 heterocycles. The lowest BCUT2D eigenvalue weighted by molar-refractivity contribution is 0.401. The van der Waals surface area contributed by atoms with Crippen molar-refractivity contribution in [3.8, 4) is 0 Å². The van der Waals surface area contributed by atoms with Crippen LogP contribution in [-0.2, 0) is 0 Å². The van der Waals surface area contributed by atoms with Gasteiger partial charge in [0.2, 0.25) is 0 Å². The second-order valence-electron chi connectivity index (χ2n) is 4.00. The van der Waals surface area contributed by atoms with Crippen molar-refractivity contribution in [2.24, 2.45) is 10.7 Å². The molecule has 16 heavy (non-hydrogen) atoms. The minimum absolute atomic E-state index is 0. The van der Waals surface area contributed by atoms with Crippen LogP contribution in [0.4, 0.5) is 0 Å². The van der Waals surface area contributed by atoms with E-state index in [-0.39, 0.29) is 24.0 Å². The van der Waals surface area contributed by atoms with Gasteiger partial charge in [-0.1, -0.05) is 0 Å². The van der Waals surface area contributed by atoms with Crippen molar-refractivity contribution < 1.29 is 0 Å². The first-order valence-electron chi connectivity index (χ1n) is 5.47. The van der Waals surface area contributed by atoms with Crippen LogP contribution >= 0.6 is 35.7 Å². The van der Waals surface area contributed by atoms with E-state index in [1.54, 1.807) is 0 Å². The SMILES string of the molecule is CN(C)CCCN=C(N)N1CCSCC1.I. The predicted molar refractivity (Wildman–Crippen MR) is 84.0 cm³/mol. The number of hydrogen-bond acceptors (Lipinski definition) is 3. The van der Waals surface area contributed by atoms with Crippen molar-refractivity contribution >= 4 is 41.7 Å². The number of thioether (sulfide) groups is 1. The molecule has 0 atom stereocenters. The first kappa shape index (κ1) is 16.3. The third-order valence-electron chi connectivity index (χ3n) is 2.37. The van der Waals surface area contributed by atoms with E-state index < -0.39 is 0 Å². The average Bonchev–Trinajstić information content (AvgIpc) is 2.25. The van der Waals surface area contributed by atoms with Gasteiger partial charge in [-0.15, -0.1) is 24.0 Å². The molecule has 1 rings (SSSR count). The zero-order chi connectivity index (χ0) is 11.1. The maximum absolute atomic E-state index is 5.92. The number of nitrogens with two attached hydrogens (primary N) is 1. The van der Waals surface area contributed by atoms with Gasteiger partial charge in [0.25, 0.3) is 0 Å². The molecule has 0 spiro atoms. The van der Waals surface area contributed by atoms with Gasteiger partial charge in [-0.05, 0) is 27.1 Å². The first-order valence-corrected chi connectivity index (χ1v) is 6.63. The highest BCUT2D eigenvalue weighted by Crippen LogP contribution is 2.08. The molecule has 0 amide bonds. The molecule has 0 radical (unpaired) electrons. The van der Waals surface area contributed by atoms with Crippen molar-refractivity contribution in [1.82, 2.24) is 9.80 Å². The molecule has 0 bridgehead atoms. The summed E-state index contributed by atoms with van der Waals surface area (Å²) in [7, 11) is 4.16. The van der Waals surface area contributed by atoms with Gasteiger partial charge in [-0.2, -0.15) is 11.8 Å². The number of nitrogens with zero attached hydrogens (tertiary/aromatic N) is 3. The van der Waals surface area contributed by atoms with Gasteiger partial charge in [0.1, 0.15) is 0 Å². The van der Waals surface area contributed by atoms with Crippen molar-refractivity contribution in [3.05, 3.63) is 0 Å². The number of rotatable bonds is 4. The zero-order valence-electron chi connectivity index (χ0n) is 10.2. The summed E-state index contributed by atoms with van der Waals surface area (Å²) in [6, 6.07) is 0. The molecule has 2 N–H and O–H groups in total. The molecule has 1 aliphatic rings. The second-order valence-corrected chi connectivity index (χ2v) is 5.22. The fourth-order valence-corrected chi connectivity index (χ4v) is 2.38. The van der Waals surface area contributed by atoms with E-state index in [4.69, 9.17) is 5.73 Å². The van der Waals surface area contributed by atoms with E-state index in [0.29, 0.717) is 0 Å².